The molecule has 0 aliphatic carbocycles. The highest BCUT2D eigenvalue weighted by molar-refractivity contribution is 5.69. The summed E-state index contributed by atoms with van der Waals surface area (Å²) in [7, 11) is 0. The maximum atomic E-state index is 11.2. The van der Waals surface area contributed by atoms with Gasteiger partial charge >= 0.3 is 5.97 Å². The van der Waals surface area contributed by atoms with Crippen molar-refractivity contribution in [2.45, 2.75) is 65.7 Å². The van der Waals surface area contributed by atoms with E-state index in [1.165, 1.54) is 12.8 Å². The van der Waals surface area contributed by atoms with Gasteiger partial charge in [0, 0.05) is 6.42 Å². The van der Waals surface area contributed by atoms with E-state index in [9.17, 15) is 9.59 Å². The van der Waals surface area contributed by atoms with Crippen LogP contribution in [-0.4, -0.2) is 18.9 Å². The summed E-state index contributed by atoms with van der Waals surface area (Å²) in [5.74, 6) is -0.224. The summed E-state index contributed by atoms with van der Waals surface area (Å²) in [6.07, 6.45) is 7.47. The minimum absolute atomic E-state index is 0.224. The van der Waals surface area contributed by atoms with Crippen LogP contribution in [-0.2, 0) is 14.3 Å². The highest BCUT2D eigenvalue weighted by Gasteiger charge is 2.28. The van der Waals surface area contributed by atoms with Crippen LogP contribution in [0.5, 0.6) is 0 Å². The van der Waals surface area contributed by atoms with Crippen LogP contribution in [0.25, 0.3) is 0 Å². The van der Waals surface area contributed by atoms with Crippen molar-refractivity contribution in [2.24, 2.45) is 5.41 Å². The van der Waals surface area contributed by atoms with E-state index in [-0.39, 0.29) is 12.6 Å². The molecular weight excluding hydrogens is 216 g/mol. The summed E-state index contributed by atoms with van der Waals surface area (Å²) in [5.41, 5.74) is -0.460. The molecule has 3 nitrogen and oxygen atoms in total. The van der Waals surface area contributed by atoms with Crippen LogP contribution in [0.3, 0.4) is 0 Å². The number of esters is 1. The van der Waals surface area contributed by atoms with Crippen LogP contribution in [0.15, 0.2) is 0 Å². The zero-order valence-corrected chi connectivity index (χ0v) is 11.5. The highest BCUT2D eigenvalue weighted by atomic mass is 16.5. The molecule has 1 atom stereocenters. The molecule has 0 rings (SSSR count). The number of ether oxygens (including phenoxy) is 1. The van der Waals surface area contributed by atoms with Crippen LogP contribution < -0.4 is 0 Å². The normalized spacial score (nSPS) is 14.1. The molecule has 0 bridgehead atoms. The van der Waals surface area contributed by atoms with Crippen molar-refractivity contribution >= 4 is 12.3 Å². The van der Waals surface area contributed by atoms with Crippen molar-refractivity contribution in [3.8, 4) is 0 Å². The van der Waals surface area contributed by atoms with Crippen molar-refractivity contribution < 1.29 is 14.3 Å². The van der Waals surface area contributed by atoms with Gasteiger partial charge in [-0.3, -0.25) is 4.79 Å². The molecule has 0 fully saturated rings. The fraction of sp³-hybridized carbons (Fsp3) is 0.857. The van der Waals surface area contributed by atoms with Gasteiger partial charge in [-0.05, 0) is 12.8 Å². The summed E-state index contributed by atoms with van der Waals surface area (Å²) in [5, 5.41) is 0. The number of hydrogen-bond acceptors (Lipinski definition) is 3. The summed E-state index contributed by atoms with van der Waals surface area (Å²) >= 11 is 0. The van der Waals surface area contributed by atoms with Gasteiger partial charge in [-0.2, -0.15) is 0 Å². The number of unbranched alkanes of at least 4 members (excludes halogenated alkanes) is 3. The van der Waals surface area contributed by atoms with E-state index in [2.05, 4.69) is 6.92 Å². The molecule has 0 heterocycles. The Hall–Kier alpha value is -0.860. The molecule has 0 aliphatic heterocycles. The van der Waals surface area contributed by atoms with Crippen molar-refractivity contribution in [1.82, 2.24) is 0 Å². The van der Waals surface area contributed by atoms with E-state index in [0.29, 0.717) is 6.42 Å². The Morgan fingerprint density at radius 2 is 1.88 bits per heavy atom. The zero-order valence-electron chi connectivity index (χ0n) is 11.5. The molecule has 0 aromatic heterocycles. The first-order chi connectivity index (χ1) is 8.14. The maximum Gasteiger partial charge on any atom is 0.305 e. The SMILES string of the molecule is CCCCCCC(C=O)(CC)COC(=O)CC. The molecule has 0 aliphatic rings. The largest absolute Gasteiger partial charge is 0.465 e. The molecule has 3 heteroatoms. The Morgan fingerprint density at radius 1 is 1.18 bits per heavy atom. The smallest absolute Gasteiger partial charge is 0.305 e. The standard InChI is InChI=1S/C14H26O3/c1-4-7-8-9-10-14(6-3,11-15)12-17-13(16)5-2/h11H,4-10,12H2,1-3H3. The van der Waals surface area contributed by atoms with Gasteiger partial charge in [-0.25, -0.2) is 0 Å². The van der Waals surface area contributed by atoms with Crippen LogP contribution in [0.1, 0.15) is 65.7 Å². The summed E-state index contributed by atoms with van der Waals surface area (Å²) in [6, 6.07) is 0. The van der Waals surface area contributed by atoms with Crippen molar-refractivity contribution in [3.63, 3.8) is 0 Å². The average molecular weight is 242 g/mol. The quantitative estimate of drug-likeness (QED) is 0.334. The third-order valence-corrected chi connectivity index (χ3v) is 3.29. The second kappa shape index (κ2) is 9.20. The fourth-order valence-corrected chi connectivity index (χ4v) is 1.76. The molecular formula is C14H26O3. The third kappa shape index (κ3) is 6.44. The topological polar surface area (TPSA) is 43.4 Å². The molecule has 17 heavy (non-hydrogen) atoms. The van der Waals surface area contributed by atoms with Crippen LogP contribution >= 0.6 is 0 Å². The Labute approximate surface area is 105 Å². The predicted molar refractivity (Wildman–Crippen MR) is 68.8 cm³/mol. The van der Waals surface area contributed by atoms with E-state index >= 15 is 0 Å². The van der Waals surface area contributed by atoms with E-state index in [0.717, 1.165) is 32.0 Å². The molecule has 100 valence electrons. The maximum absolute atomic E-state index is 11.2. The van der Waals surface area contributed by atoms with Crippen LogP contribution in [0, 0.1) is 5.41 Å². The molecule has 0 aromatic rings. The van der Waals surface area contributed by atoms with Gasteiger partial charge in [-0.1, -0.05) is 46.5 Å². The minimum Gasteiger partial charge on any atom is -0.465 e. The molecule has 0 N–H and O–H groups in total. The Morgan fingerprint density at radius 3 is 2.35 bits per heavy atom. The second-order valence-electron chi connectivity index (χ2n) is 4.66. The van der Waals surface area contributed by atoms with Crippen molar-refractivity contribution in [1.29, 1.82) is 0 Å². The van der Waals surface area contributed by atoms with Gasteiger partial charge in [0.05, 0.1) is 5.41 Å². The lowest BCUT2D eigenvalue weighted by atomic mass is 9.82. The van der Waals surface area contributed by atoms with E-state index in [1.54, 1.807) is 6.92 Å². The second-order valence-corrected chi connectivity index (χ2v) is 4.66. The number of carbonyl (C=O) groups is 2. The van der Waals surface area contributed by atoms with Gasteiger partial charge in [0.1, 0.15) is 12.9 Å². The number of aldehydes is 1. The Kier molecular flexibility index (Phi) is 8.73. The minimum atomic E-state index is -0.460. The van der Waals surface area contributed by atoms with E-state index in [1.807, 2.05) is 6.92 Å². The molecule has 0 saturated carbocycles. The number of hydrogen-bond donors (Lipinski definition) is 0. The summed E-state index contributed by atoms with van der Waals surface area (Å²) in [6.45, 7) is 6.15. The third-order valence-electron chi connectivity index (χ3n) is 3.29. The summed E-state index contributed by atoms with van der Waals surface area (Å²) in [4.78, 5) is 22.4. The molecule has 0 radical (unpaired) electrons. The van der Waals surface area contributed by atoms with Gasteiger partial charge in [0.25, 0.3) is 0 Å². The van der Waals surface area contributed by atoms with Gasteiger partial charge in [0.15, 0.2) is 0 Å². The van der Waals surface area contributed by atoms with E-state index < -0.39 is 5.41 Å². The first-order valence-corrected chi connectivity index (χ1v) is 6.76. The van der Waals surface area contributed by atoms with Gasteiger partial charge in [-0.15, -0.1) is 0 Å². The van der Waals surface area contributed by atoms with E-state index in [4.69, 9.17) is 4.74 Å². The molecule has 0 spiro atoms. The highest BCUT2D eigenvalue weighted by Crippen LogP contribution is 2.27. The molecule has 0 saturated heterocycles. The first-order valence-electron chi connectivity index (χ1n) is 6.76. The molecule has 0 aromatic carbocycles. The predicted octanol–water partition coefficient (Wildman–Crippen LogP) is 3.51. The lowest BCUT2D eigenvalue weighted by molar-refractivity contribution is -0.148. The Bertz CT molecular complexity index is 226. The Balaban J connectivity index is 4.15. The van der Waals surface area contributed by atoms with Crippen molar-refractivity contribution in [2.75, 3.05) is 6.61 Å². The lowest BCUT2D eigenvalue weighted by Gasteiger charge is -2.26. The van der Waals surface area contributed by atoms with Gasteiger partial charge in [0.2, 0.25) is 0 Å². The fourth-order valence-electron chi connectivity index (χ4n) is 1.76. The van der Waals surface area contributed by atoms with Crippen molar-refractivity contribution in [3.05, 3.63) is 0 Å². The first kappa shape index (κ1) is 16.1. The average Bonchev–Trinajstić information content (AvgIpc) is 2.38. The molecule has 1 unspecified atom stereocenters. The summed E-state index contributed by atoms with van der Waals surface area (Å²) < 4.78 is 5.13. The molecule has 0 amide bonds. The lowest BCUT2D eigenvalue weighted by Crippen LogP contribution is -2.29. The zero-order chi connectivity index (χ0) is 13.1. The van der Waals surface area contributed by atoms with Crippen LogP contribution in [0.2, 0.25) is 0 Å². The number of carbonyl (C=O) groups excluding carboxylic acids is 2. The van der Waals surface area contributed by atoms with Crippen LogP contribution in [0.4, 0.5) is 0 Å². The monoisotopic (exact) mass is 242 g/mol. The number of rotatable bonds is 10. The van der Waals surface area contributed by atoms with Gasteiger partial charge < -0.3 is 9.53 Å².